The summed E-state index contributed by atoms with van der Waals surface area (Å²) in [6.07, 6.45) is 6.59. The average Bonchev–Trinajstić information content (AvgIpc) is 3.57. The van der Waals surface area contributed by atoms with E-state index in [0.717, 1.165) is 42.7 Å². The number of rotatable bonds is 8. The molecular formula is C26H34N4O3. The van der Waals surface area contributed by atoms with Crippen LogP contribution < -0.4 is 0 Å². The number of hydrogen-bond acceptors (Lipinski definition) is 4. The summed E-state index contributed by atoms with van der Waals surface area (Å²) >= 11 is 0. The second kappa shape index (κ2) is 10.3. The first kappa shape index (κ1) is 23.2. The third-order valence-corrected chi connectivity index (χ3v) is 6.77. The lowest BCUT2D eigenvalue weighted by atomic mass is 9.99. The SMILES string of the molecule is COCCN(CC(=O)N1N=C(c2cccn2C)C[C@@H]1c1ccc(C)cc1)C(=O)C1CCCC1. The Morgan fingerprint density at radius 1 is 1.15 bits per heavy atom. The number of carbonyl (C=O) groups excluding carboxylic acids is 2. The van der Waals surface area contributed by atoms with Crippen LogP contribution >= 0.6 is 0 Å². The van der Waals surface area contributed by atoms with Crippen molar-refractivity contribution in [2.24, 2.45) is 18.1 Å². The molecule has 1 aliphatic carbocycles. The molecule has 0 N–H and O–H groups in total. The molecular weight excluding hydrogens is 416 g/mol. The number of hydrazone groups is 1. The number of hydrogen-bond donors (Lipinski definition) is 0. The van der Waals surface area contributed by atoms with E-state index in [0.29, 0.717) is 19.6 Å². The van der Waals surface area contributed by atoms with Crippen LogP contribution in [0.4, 0.5) is 0 Å². The minimum Gasteiger partial charge on any atom is -0.383 e. The van der Waals surface area contributed by atoms with E-state index in [2.05, 4.69) is 31.2 Å². The van der Waals surface area contributed by atoms with Gasteiger partial charge in [0.15, 0.2) is 0 Å². The Bertz CT molecular complexity index is 1000. The highest BCUT2D eigenvalue weighted by Gasteiger charge is 2.36. The van der Waals surface area contributed by atoms with Gasteiger partial charge in [-0.2, -0.15) is 5.10 Å². The normalized spacial score (nSPS) is 18.6. The van der Waals surface area contributed by atoms with Gasteiger partial charge in [0.05, 0.1) is 24.1 Å². The number of nitrogens with zero attached hydrogens (tertiary/aromatic N) is 4. The molecule has 1 aliphatic heterocycles. The van der Waals surface area contributed by atoms with Gasteiger partial charge >= 0.3 is 0 Å². The first-order valence-electron chi connectivity index (χ1n) is 11.8. The number of ether oxygens (including phenoxy) is 1. The van der Waals surface area contributed by atoms with Crippen molar-refractivity contribution in [2.75, 3.05) is 26.8 Å². The van der Waals surface area contributed by atoms with Gasteiger partial charge in [-0.1, -0.05) is 42.7 Å². The van der Waals surface area contributed by atoms with Crippen molar-refractivity contribution in [3.05, 3.63) is 59.4 Å². The average molecular weight is 451 g/mol. The zero-order chi connectivity index (χ0) is 23.4. The predicted molar refractivity (Wildman–Crippen MR) is 128 cm³/mol. The van der Waals surface area contributed by atoms with Gasteiger partial charge < -0.3 is 14.2 Å². The number of carbonyl (C=O) groups is 2. The van der Waals surface area contributed by atoms with Crippen molar-refractivity contribution in [3.8, 4) is 0 Å². The molecule has 0 radical (unpaired) electrons. The van der Waals surface area contributed by atoms with Crippen molar-refractivity contribution in [2.45, 2.75) is 45.1 Å². The first-order chi connectivity index (χ1) is 16.0. The number of amides is 2. The van der Waals surface area contributed by atoms with E-state index in [4.69, 9.17) is 9.84 Å². The smallest absolute Gasteiger partial charge is 0.262 e. The molecule has 2 amide bonds. The number of benzene rings is 1. The molecule has 1 saturated carbocycles. The fourth-order valence-electron chi connectivity index (χ4n) is 4.84. The molecule has 0 bridgehead atoms. The Labute approximate surface area is 196 Å². The minimum atomic E-state index is -0.186. The summed E-state index contributed by atoms with van der Waals surface area (Å²) in [4.78, 5) is 28.4. The van der Waals surface area contributed by atoms with Crippen molar-refractivity contribution in [1.82, 2.24) is 14.5 Å². The maximum atomic E-state index is 13.6. The van der Waals surface area contributed by atoms with E-state index >= 15 is 0 Å². The van der Waals surface area contributed by atoms with Gasteiger partial charge in [-0.25, -0.2) is 5.01 Å². The molecule has 1 fully saturated rings. The maximum Gasteiger partial charge on any atom is 0.262 e. The van der Waals surface area contributed by atoms with Crippen LogP contribution in [0.15, 0.2) is 47.7 Å². The number of aryl methyl sites for hydroxylation is 2. The maximum absolute atomic E-state index is 13.6. The third kappa shape index (κ3) is 5.19. The number of aromatic nitrogens is 1. The van der Waals surface area contributed by atoms with E-state index in [1.165, 1.54) is 5.56 Å². The molecule has 7 heteroatoms. The van der Waals surface area contributed by atoms with Crippen LogP contribution in [0.5, 0.6) is 0 Å². The third-order valence-electron chi connectivity index (χ3n) is 6.77. The van der Waals surface area contributed by atoms with E-state index in [9.17, 15) is 9.59 Å². The van der Waals surface area contributed by atoms with E-state index in [1.54, 1.807) is 17.0 Å². The fourth-order valence-corrected chi connectivity index (χ4v) is 4.84. The highest BCUT2D eigenvalue weighted by Crippen LogP contribution is 2.33. The van der Waals surface area contributed by atoms with E-state index in [1.807, 2.05) is 29.9 Å². The zero-order valence-corrected chi connectivity index (χ0v) is 19.9. The highest BCUT2D eigenvalue weighted by molar-refractivity contribution is 6.02. The molecule has 2 heterocycles. The van der Waals surface area contributed by atoms with Gasteiger partial charge in [0.2, 0.25) is 5.91 Å². The predicted octanol–water partition coefficient (Wildman–Crippen LogP) is 3.68. The molecule has 0 spiro atoms. The molecule has 1 aromatic heterocycles. The van der Waals surface area contributed by atoms with Gasteiger partial charge in [0, 0.05) is 39.2 Å². The van der Waals surface area contributed by atoms with Gasteiger partial charge in [-0.05, 0) is 37.5 Å². The molecule has 2 aromatic rings. The van der Waals surface area contributed by atoms with E-state index < -0.39 is 0 Å². The Balaban J connectivity index is 1.58. The molecule has 4 rings (SSSR count). The number of methoxy groups -OCH3 is 1. The standard InChI is InChI=1S/C26H34N4O3/c1-19-10-12-20(13-11-19)24-17-22(23-9-6-14-28(23)2)27-30(24)25(31)18-29(15-16-33-3)26(32)21-7-4-5-8-21/h6,9-14,21,24H,4-5,7-8,15-18H2,1-3H3/t24-/m1/s1. The largest absolute Gasteiger partial charge is 0.383 e. The Hall–Kier alpha value is -2.93. The molecule has 176 valence electrons. The molecule has 0 saturated heterocycles. The lowest BCUT2D eigenvalue weighted by Crippen LogP contribution is -2.44. The van der Waals surface area contributed by atoms with Crippen LogP contribution in [-0.4, -0.2) is 58.8 Å². The Morgan fingerprint density at radius 3 is 2.52 bits per heavy atom. The molecule has 0 unspecified atom stereocenters. The van der Waals surface area contributed by atoms with Gasteiger partial charge in [0.1, 0.15) is 6.54 Å². The van der Waals surface area contributed by atoms with Gasteiger partial charge in [-0.15, -0.1) is 0 Å². The molecule has 7 nitrogen and oxygen atoms in total. The van der Waals surface area contributed by atoms with Crippen LogP contribution in [0.25, 0.3) is 0 Å². The molecule has 1 aromatic carbocycles. The summed E-state index contributed by atoms with van der Waals surface area (Å²) in [5, 5.41) is 6.36. The summed E-state index contributed by atoms with van der Waals surface area (Å²) < 4.78 is 7.25. The lowest BCUT2D eigenvalue weighted by Gasteiger charge is -2.28. The monoisotopic (exact) mass is 450 g/mol. The minimum absolute atomic E-state index is 0.0172. The summed E-state index contributed by atoms with van der Waals surface area (Å²) in [7, 11) is 3.60. The van der Waals surface area contributed by atoms with Crippen molar-refractivity contribution in [3.63, 3.8) is 0 Å². The second-order valence-corrected chi connectivity index (χ2v) is 9.15. The van der Waals surface area contributed by atoms with Crippen LogP contribution in [-0.2, 0) is 21.4 Å². The van der Waals surface area contributed by atoms with Crippen LogP contribution in [0.3, 0.4) is 0 Å². The summed E-state index contributed by atoms with van der Waals surface area (Å²) in [5.74, 6) is -0.0774. The van der Waals surface area contributed by atoms with Crippen LogP contribution in [0.1, 0.15) is 55.0 Å². The zero-order valence-electron chi connectivity index (χ0n) is 19.9. The Morgan fingerprint density at radius 2 is 1.88 bits per heavy atom. The molecule has 1 atom stereocenters. The highest BCUT2D eigenvalue weighted by atomic mass is 16.5. The summed E-state index contributed by atoms with van der Waals surface area (Å²) in [6, 6.07) is 12.1. The lowest BCUT2D eigenvalue weighted by molar-refractivity contribution is -0.144. The quantitative estimate of drug-likeness (QED) is 0.616. The van der Waals surface area contributed by atoms with Gasteiger partial charge in [0.25, 0.3) is 5.91 Å². The van der Waals surface area contributed by atoms with Gasteiger partial charge in [-0.3, -0.25) is 9.59 Å². The summed E-state index contributed by atoms with van der Waals surface area (Å²) in [5.41, 5.74) is 4.10. The van der Waals surface area contributed by atoms with E-state index in [-0.39, 0.29) is 30.3 Å². The van der Waals surface area contributed by atoms with Crippen molar-refractivity contribution in [1.29, 1.82) is 0 Å². The molecule has 33 heavy (non-hydrogen) atoms. The van der Waals surface area contributed by atoms with Crippen molar-refractivity contribution >= 4 is 17.5 Å². The van der Waals surface area contributed by atoms with Crippen LogP contribution in [0, 0.1) is 12.8 Å². The second-order valence-electron chi connectivity index (χ2n) is 9.15. The Kier molecular flexibility index (Phi) is 7.28. The van der Waals surface area contributed by atoms with Crippen molar-refractivity contribution < 1.29 is 14.3 Å². The topological polar surface area (TPSA) is 67.1 Å². The first-order valence-corrected chi connectivity index (χ1v) is 11.8. The molecule has 2 aliphatic rings. The summed E-state index contributed by atoms with van der Waals surface area (Å²) in [6.45, 7) is 2.89. The fraction of sp³-hybridized carbons (Fsp3) is 0.500. The van der Waals surface area contributed by atoms with Crippen LogP contribution in [0.2, 0.25) is 0 Å².